The van der Waals surface area contributed by atoms with Crippen LogP contribution in [0.25, 0.3) is 22.4 Å². The van der Waals surface area contributed by atoms with Gasteiger partial charge in [0, 0.05) is 56.1 Å². The van der Waals surface area contributed by atoms with E-state index in [0.29, 0.717) is 34.8 Å². The van der Waals surface area contributed by atoms with Crippen LogP contribution in [0.1, 0.15) is 23.0 Å². The summed E-state index contributed by atoms with van der Waals surface area (Å²) in [6, 6.07) is 5.77. The highest BCUT2D eigenvalue weighted by Crippen LogP contribution is 2.34. The molecule has 1 aliphatic rings. The van der Waals surface area contributed by atoms with E-state index < -0.39 is 36.1 Å². The van der Waals surface area contributed by atoms with E-state index in [-0.39, 0.29) is 31.7 Å². The summed E-state index contributed by atoms with van der Waals surface area (Å²) >= 11 is 0. The third-order valence-electron chi connectivity index (χ3n) is 6.15. The largest absolute Gasteiger partial charge is 0.373 e. The number of nitrogens with one attached hydrogen (secondary N) is 1. The van der Waals surface area contributed by atoms with Gasteiger partial charge in [0.15, 0.2) is 0 Å². The Hall–Kier alpha value is -3.60. The molecular formula is C25H26F4N6O. The SMILES string of the molecule is CCc1ncnc(-c2cc(F)c(C(=O)N3CCN(CC(F)F)CC3)c(F)c2)c1-c1ccc(NC)nc1. The molecule has 2 aromatic heterocycles. The zero-order valence-electron chi connectivity index (χ0n) is 19.9. The van der Waals surface area contributed by atoms with Gasteiger partial charge in [0.25, 0.3) is 12.3 Å². The van der Waals surface area contributed by atoms with Gasteiger partial charge in [-0.2, -0.15) is 0 Å². The molecule has 4 rings (SSSR count). The molecule has 1 fully saturated rings. The van der Waals surface area contributed by atoms with Crippen LogP contribution >= 0.6 is 0 Å². The second kappa shape index (κ2) is 11.0. The van der Waals surface area contributed by atoms with E-state index in [1.807, 2.05) is 13.0 Å². The minimum atomic E-state index is -2.48. The predicted octanol–water partition coefficient (Wildman–Crippen LogP) is 4.11. The molecule has 0 saturated carbocycles. The second-order valence-corrected chi connectivity index (χ2v) is 8.38. The number of hydrogen-bond acceptors (Lipinski definition) is 6. The number of benzene rings is 1. The lowest BCUT2D eigenvalue weighted by Crippen LogP contribution is -2.50. The molecule has 7 nitrogen and oxygen atoms in total. The highest BCUT2D eigenvalue weighted by Gasteiger charge is 2.28. The van der Waals surface area contributed by atoms with E-state index in [4.69, 9.17) is 0 Å². The monoisotopic (exact) mass is 502 g/mol. The van der Waals surface area contributed by atoms with Crippen molar-refractivity contribution in [2.45, 2.75) is 19.8 Å². The van der Waals surface area contributed by atoms with Crippen LogP contribution in [0.15, 0.2) is 36.8 Å². The van der Waals surface area contributed by atoms with Crippen molar-refractivity contribution >= 4 is 11.7 Å². The summed E-state index contributed by atoms with van der Waals surface area (Å²) in [7, 11) is 1.74. The molecule has 0 atom stereocenters. The summed E-state index contributed by atoms with van der Waals surface area (Å²) in [4.78, 5) is 28.7. The zero-order valence-corrected chi connectivity index (χ0v) is 19.9. The van der Waals surface area contributed by atoms with Crippen molar-refractivity contribution in [1.29, 1.82) is 0 Å². The van der Waals surface area contributed by atoms with Crippen LogP contribution in [-0.4, -0.2) is 76.9 Å². The van der Waals surface area contributed by atoms with E-state index in [1.54, 1.807) is 19.3 Å². The van der Waals surface area contributed by atoms with Crippen LogP contribution in [0.4, 0.5) is 23.4 Å². The van der Waals surface area contributed by atoms with Crippen molar-refractivity contribution < 1.29 is 22.4 Å². The molecule has 0 radical (unpaired) electrons. The molecule has 11 heteroatoms. The van der Waals surface area contributed by atoms with Crippen molar-refractivity contribution in [1.82, 2.24) is 24.8 Å². The molecule has 1 aliphatic heterocycles. The van der Waals surface area contributed by atoms with Gasteiger partial charge in [0.2, 0.25) is 0 Å². The second-order valence-electron chi connectivity index (χ2n) is 8.38. The highest BCUT2D eigenvalue weighted by molar-refractivity contribution is 5.96. The maximum Gasteiger partial charge on any atom is 0.259 e. The van der Waals surface area contributed by atoms with E-state index in [1.165, 1.54) is 16.1 Å². The van der Waals surface area contributed by atoms with Crippen molar-refractivity contribution in [3.63, 3.8) is 0 Å². The van der Waals surface area contributed by atoms with Gasteiger partial charge < -0.3 is 10.2 Å². The Balaban J connectivity index is 1.66. The number of carbonyl (C=O) groups is 1. The van der Waals surface area contributed by atoms with Gasteiger partial charge in [-0.3, -0.25) is 9.69 Å². The number of halogens is 4. The Bertz CT molecular complexity index is 1210. The number of alkyl halides is 2. The van der Waals surface area contributed by atoms with Gasteiger partial charge in [-0.25, -0.2) is 32.5 Å². The zero-order chi connectivity index (χ0) is 25.8. The molecule has 0 spiro atoms. The number of aromatic nitrogens is 3. The summed E-state index contributed by atoms with van der Waals surface area (Å²) in [5.41, 5.74) is 1.77. The topological polar surface area (TPSA) is 74.2 Å². The lowest BCUT2D eigenvalue weighted by Gasteiger charge is -2.34. The number of rotatable bonds is 7. The van der Waals surface area contributed by atoms with Gasteiger partial charge in [-0.15, -0.1) is 0 Å². The number of piperazine rings is 1. The lowest BCUT2D eigenvalue weighted by molar-refractivity contribution is 0.0453. The minimum absolute atomic E-state index is 0.109. The van der Waals surface area contributed by atoms with Crippen molar-refractivity contribution in [2.24, 2.45) is 0 Å². The molecule has 0 unspecified atom stereocenters. The summed E-state index contributed by atoms with van der Waals surface area (Å²) in [5.74, 6) is -2.19. The van der Waals surface area contributed by atoms with Crippen molar-refractivity contribution in [3.8, 4) is 22.4 Å². The highest BCUT2D eigenvalue weighted by atomic mass is 19.3. The number of amides is 1. The maximum absolute atomic E-state index is 15.2. The Kier molecular flexibility index (Phi) is 7.78. The molecule has 1 aromatic carbocycles. The van der Waals surface area contributed by atoms with E-state index >= 15 is 8.78 Å². The van der Waals surface area contributed by atoms with Crippen LogP contribution in [0.5, 0.6) is 0 Å². The third kappa shape index (κ3) is 5.30. The normalized spacial score (nSPS) is 14.4. The number of carbonyl (C=O) groups excluding carboxylic acids is 1. The van der Waals surface area contributed by atoms with Gasteiger partial charge in [0.1, 0.15) is 29.3 Å². The first-order valence-electron chi connectivity index (χ1n) is 11.6. The fourth-order valence-electron chi connectivity index (χ4n) is 4.30. The van der Waals surface area contributed by atoms with Gasteiger partial charge >= 0.3 is 0 Å². The van der Waals surface area contributed by atoms with Gasteiger partial charge in [-0.1, -0.05) is 6.92 Å². The Morgan fingerprint density at radius 1 is 1.03 bits per heavy atom. The summed E-state index contributed by atoms with van der Waals surface area (Å²) < 4.78 is 55.6. The van der Waals surface area contributed by atoms with Crippen LogP contribution in [0.3, 0.4) is 0 Å². The first-order chi connectivity index (χ1) is 17.3. The van der Waals surface area contributed by atoms with Crippen molar-refractivity contribution in [3.05, 3.63) is 59.7 Å². The van der Waals surface area contributed by atoms with Crippen LogP contribution < -0.4 is 5.32 Å². The molecule has 190 valence electrons. The molecule has 1 amide bonds. The Morgan fingerprint density at radius 2 is 1.72 bits per heavy atom. The number of anilines is 1. The minimum Gasteiger partial charge on any atom is -0.373 e. The number of pyridine rings is 1. The summed E-state index contributed by atoms with van der Waals surface area (Å²) in [5, 5.41) is 2.94. The molecule has 36 heavy (non-hydrogen) atoms. The lowest BCUT2D eigenvalue weighted by atomic mass is 9.96. The first kappa shape index (κ1) is 25.5. The Labute approximate surface area is 206 Å². The average molecular weight is 503 g/mol. The molecule has 1 N–H and O–H groups in total. The Morgan fingerprint density at radius 3 is 2.28 bits per heavy atom. The number of hydrogen-bond donors (Lipinski definition) is 1. The maximum atomic E-state index is 15.2. The van der Waals surface area contributed by atoms with Gasteiger partial charge in [-0.05, 0) is 30.7 Å². The van der Waals surface area contributed by atoms with Gasteiger partial charge in [0.05, 0.1) is 17.9 Å². The van der Waals surface area contributed by atoms with E-state index in [0.717, 1.165) is 12.1 Å². The quantitative estimate of drug-likeness (QED) is 0.491. The summed E-state index contributed by atoms with van der Waals surface area (Å²) in [6.45, 7) is 2.15. The van der Waals surface area contributed by atoms with Crippen LogP contribution in [0, 0.1) is 11.6 Å². The molecule has 1 saturated heterocycles. The van der Waals surface area contributed by atoms with E-state index in [2.05, 4.69) is 20.3 Å². The van der Waals surface area contributed by atoms with Crippen LogP contribution in [0.2, 0.25) is 0 Å². The standard InChI is InChI=1S/C25H26F4N6O/c1-3-19-22(15-4-5-21(30-2)31-12-15)24(33-14-32-19)16-10-17(26)23(18(27)11-16)25(36)35-8-6-34(7-9-35)13-20(28)29/h4-5,10-12,14,20H,3,6-9,13H2,1-2H3,(H,30,31). The summed E-state index contributed by atoms with van der Waals surface area (Å²) in [6.07, 6.45) is 1.04. The number of aryl methyl sites for hydroxylation is 1. The first-order valence-corrected chi connectivity index (χ1v) is 11.6. The van der Waals surface area contributed by atoms with Crippen molar-refractivity contribution in [2.75, 3.05) is 45.1 Å². The average Bonchev–Trinajstić information content (AvgIpc) is 2.87. The third-order valence-corrected chi connectivity index (χ3v) is 6.15. The fourth-order valence-corrected chi connectivity index (χ4v) is 4.30. The molecular weight excluding hydrogens is 476 g/mol. The fraction of sp³-hybridized carbons (Fsp3) is 0.360. The number of nitrogens with zero attached hydrogens (tertiary/aromatic N) is 5. The molecule has 3 aromatic rings. The molecule has 3 heterocycles. The predicted molar refractivity (Wildman–Crippen MR) is 128 cm³/mol. The molecule has 0 bridgehead atoms. The smallest absolute Gasteiger partial charge is 0.259 e. The van der Waals surface area contributed by atoms with Crippen LogP contribution in [-0.2, 0) is 6.42 Å². The van der Waals surface area contributed by atoms with E-state index in [9.17, 15) is 13.6 Å². The molecule has 0 aliphatic carbocycles.